The lowest BCUT2D eigenvalue weighted by Gasteiger charge is -2.12. The Morgan fingerprint density at radius 1 is 1.20 bits per heavy atom. The van der Waals surface area contributed by atoms with Crippen LogP contribution in [-0.4, -0.2) is 23.2 Å². The van der Waals surface area contributed by atoms with Crippen LogP contribution < -0.4 is 5.32 Å². The molecule has 1 aromatic heterocycles. The lowest BCUT2D eigenvalue weighted by Crippen LogP contribution is -2.30. The van der Waals surface area contributed by atoms with Gasteiger partial charge in [-0.1, -0.05) is 18.2 Å². The second-order valence-corrected chi connectivity index (χ2v) is 7.39. The molecule has 4 heteroatoms. The van der Waals surface area contributed by atoms with E-state index in [2.05, 4.69) is 42.3 Å². The van der Waals surface area contributed by atoms with Crippen molar-refractivity contribution in [1.29, 1.82) is 0 Å². The van der Waals surface area contributed by atoms with Crippen molar-refractivity contribution >= 4 is 23.7 Å². The van der Waals surface area contributed by atoms with E-state index in [1.807, 2.05) is 45.4 Å². The lowest BCUT2D eigenvalue weighted by molar-refractivity contribution is -0.117. The van der Waals surface area contributed by atoms with E-state index in [0.717, 1.165) is 27.3 Å². The molecule has 0 unspecified atom stereocenters. The minimum atomic E-state index is -0.0204. The van der Waals surface area contributed by atoms with Crippen LogP contribution in [0.15, 0.2) is 41.1 Å². The first-order valence-electron chi connectivity index (χ1n) is 8.42. The number of pyridine rings is 1. The molecule has 0 bridgehead atoms. The Balaban J connectivity index is 2.34. The number of nitrogens with one attached hydrogen (secondary N) is 1. The number of carbonyl (C=O) groups is 1. The molecule has 0 aliphatic heterocycles. The lowest BCUT2D eigenvalue weighted by atomic mass is 9.95. The molecule has 1 N–H and O–H groups in total. The van der Waals surface area contributed by atoms with Gasteiger partial charge in [0.15, 0.2) is 0 Å². The minimum Gasteiger partial charge on any atom is -0.350 e. The highest BCUT2D eigenvalue weighted by molar-refractivity contribution is 7.98. The summed E-state index contributed by atoms with van der Waals surface area (Å²) < 4.78 is 0. The van der Waals surface area contributed by atoms with Crippen molar-refractivity contribution < 1.29 is 4.79 Å². The van der Waals surface area contributed by atoms with E-state index >= 15 is 0 Å². The Labute approximate surface area is 155 Å². The zero-order valence-corrected chi connectivity index (χ0v) is 16.6. The Kier molecular flexibility index (Phi) is 6.43. The smallest absolute Gasteiger partial charge is 0.247 e. The van der Waals surface area contributed by atoms with Crippen LogP contribution in [0.3, 0.4) is 0 Å². The van der Waals surface area contributed by atoms with E-state index in [0.29, 0.717) is 0 Å². The van der Waals surface area contributed by atoms with Crippen molar-refractivity contribution in [2.45, 2.75) is 45.7 Å². The highest BCUT2D eigenvalue weighted by Gasteiger charge is 2.09. The molecule has 0 atom stereocenters. The molecule has 0 aliphatic rings. The van der Waals surface area contributed by atoms with Crippen LogP contribution in [-0.2, 0) is 4.79 Å². The summed E-state index contributed by atoms with van der Waals surface area (Å²) >= 11 is 1.64. The Hall–Kier alpha value is -2.07. The molecule has 1 heterocycles. The molecule has 0 saturated heterocycles. The third-order valence-corrected chi connectivity index (χ3v) is 4.68. The normalized spacial score (nSPS) is 11.7. The number of amides is 1. The number of aromatic nitrogens is 1. The highest BCUT2D eigenvalue weighted by atomic mass is 32.2. The zero-order chi connectivity index (χ0) is 18.6. The average Bonchev–Trinajstić information content (AvgIpc) is 2.57. The standard InChI is InChI=1S/C21H26N2OS/c1-13(2)23-21(24)16(5)10-18-9-15(4)19(11-14(18)3)17-7-8-20(25-6)22-12-17/h7-13H,1-6H3,(H,23,24)/b16-10+. The van der Waals surface area contributed by atoms with E-state index in [1.54, 1.807) is 11.8 Å². The van der Waals surface area contributed by atoms with E-state index in [9.17, 15) is 4.79 Å². The molecule has 0 fully saturated rings. The molecule has 3 nitrogen and oxygen atoms in total. The minimum absolute atomic E-state index is 0.0204. The maximum Gasteiger partial charge on any atom is 0.247 e. The first-order valence-corrected chi connectivity index (χ1v) is 9.65. The number of nitrogens with zero attached hydrogens (tertiary/aromatic N) is 1. The van der Waals surface area contributed by atoms with Gasteiger partial charge in [-0.2, -0.15) is 0 Å². The largest absolute Gasteiger partial charge is 0.350 e. The van der Waals surface area contributed by atoms with E-state index < -0.39 is 0 Å². The molecular formula is C21H26N2OS. The summed E-state index contributed by atoms with van der Waals surface area (Å²) in [4.78, 5) is 16.6. The van der Waals surface area contributed by atoms with Gasteiger partial charge in [0.1, 0.15) is 0 Å². The van der Waals surface area contributed by atoms with E-state index in [1.165, 1.54) is 11.1 Å². The van der Waals surface area contributed by atoms with Gasteiger partial charge >= 0.3 is 0 Å². The van der Waals surface area contributed by atoms with Crippen molar-refractivity contribution in [2.75, 3.05) is 6.26 Å². The quantitative estimate of drug-likeness (QED) is 0.606. The summed E-state index contributed by atoms with van der Waals surface area (Å²) in [5.74, 6) is -0.0204. The average molecular weight is 355 g/mol. The van der Waals surface area contributed by atoms with Gasteiger partial charge in [-0.25, -0.2) is 4.98 Å². The molecule has 0 aliphatic carbocycles. The van der Waals surface area contributed by atoms with Gasteiger partial charge in [0.25, 0.3) is 0 Å². The fraction of sp³-hybridized carbons (Fsp3) is 0.333. The van der Waals surface area contributed by atoms with E-state index in [4.69, 9.17) is 0 Å². The van der Waals surface area contributed by atoms with Gasteiger partial charge in [-0.15, -0.1) is 11.8 Å². The van der Waals surface area contributed by atoms with Gasteiger partial charge < -0.3 is 5.32 Å². The van der Waals surface area contributed by atoms with Crippen molar-refractivity contribution in [3.05, 3.63) is 52.7 Å². The molecule has 2 aromatic rings. The highest BCUT2D eigenvalue weighted by Crippen LogP contribution is 2.28. The third kappa shape index (κ3) is 4.95. The van der Waals surface area contributed by atoms with Crippen molar-refractivity contribution in [3.63, 3.8) is 0 Å². The zero-order valence-electron chi connectivity index (χ0n) is 15.8. The molecule has 0 saturated carbocycles. The molecular weight excluding hydrogens is 328 g/mol. The summed E-state index contributed by atoms with van der Waals surface area (Å²) in [5, 5.41) is 3.95. The van der Waals surface area contributed by atoms with Crippen LogP contribution >= 0.6 is 11.8 Å². The first kappa shape index (κ1) is 19.3. The fourth-order valence-electron chi connectivity index (χ4n) is 2.64. The Bertz CT molecular complexity index is 792. The van der Waals surface area contributed by atoms with Gasteiger partial charge in [-0.3, -0.25) is 4.79 Å². The first-order chi connectivity index (χ1) is 11.8. The summed E-state index contributed by atoms with van der Waals surface area (Å²) in [6.07, 6.45) is 5.90. The van der Waals surface area contributed by atoms with Gasteiger partial charge in [0.05, 0.1) is 5.03 Å². The number of hydrogen-bond acceptors (Lipinski definition) is 3. The van der Waals surface area contributed by atoms with Gasteiger partial charge in [0.2, 0.25) is 5.91 Å². The SMILES string of the molecule is CSc1ccc(-c2cc(C)c(/C=C(\C)C(=O)NC(C)C)cc2C)cn1. The molecule has 2 rings (SSSR count). The number of carbonyl (C=O) groups excluding carboxylic acids is 1. The van der Waals surface area contributed by atoms with Crippen LogP contribution in [0.2, 0.25) is 0 Å². The second kappa shape index (κ2) is 8.34. The molecule has 1 amide bonds. The van der Waals surface area contributed by atoms with Crippen LogP contribution in [0, 0.1) is 13.8 Å². The number of rotatable bonds is 5. The molecule has 0 spiro atoms. The topological polar surface area (TPSA) is 42.0 Å². The molecule has 0 radical (unpaired) electrons. The number of thioether (sulfide) groups is 1. The monoisotopic (exact) mass is 354 g/mol. The van der Waals surface area contributed by atoms with E-state index in [-0.39, 0.29) is 11.9 Å². The number of benzene rings is 1. The Morgan fingerprint density at radius 3 is 2.48 bits per heavy atom. The predicted molar refractivity (Wildman–Crippen MR) is 108 cm³/mol. The third-order valence-electron chi connectivity index (χ3n) is 4.02. The van der Waals surface area contributed by atoms with Crippen molar-refractivity contribution in [2.24, 2.45) is 0 Å². The fourth-order valence-corrected chi connectivity index (χ4v) is 3.00. The summed E-state index contributed by atoms with van der Waals surface area (Å²) in [6.45, 7) is 9.95. The van der Waals surface area contributed by atoms with Crippen molar-refractivity contribution in [3.8, 4) is 11.1 Å². The van der Waals surface area contributed by atoms with Gasteiger partial charge in [-0.05, 0) is 75.3 Å². The maximum absolute atomic E-state index is 12.1. The molecule has 1 aromatic carbocycles. The maximum atomic E-state index is 12.1. The van der Waals surface area contributed by atoms with Crippen LogP contribution in [0.1, 0.15) is 37.5 Å². The summed E-state index contributed by atoms with van der Waals surface area (Å²) in [6, 6.07) is 8.60. The summed E-state index contributed by atoms with van der Waals surface area (Å²) in [7, 11) is 0. The molecule has 25 heavy (non-hydrogen) atoms. The van der Waals surface area contributed by atoms with Crippen LogP contribution in [0.4, 0.5) is 0 Å². The molecule has 132 valence electrons. The van der Waals surface area contributed by atoms with Crippen LogP contribution in [0.5, 0.6) is 0 Å². The van der Waals surface area contributed by atoms with Crippen LogP contribution in [0.25, 0.3) is 17.2 Å². The number of aryl methyl sites for hydroxylation is 2. The number of hydrogen-bond donors (Lipinski definition) is 1. The van der Waals surface area contributed by atoms with Gasteiger partial charge in [0, 0.05) is 23.4 Å². The Morgan fingerprint density at radius 2 is 1.92 bits per heavy atom. The van der Waals surface area contributed by atoms with Crippen molar-refractivity contribution in [1.82, 2.24) is 10.3 Å². The predicted octanol–water partition coefficient (Wildman–Crippen LogP) is 5.02. The second-order valence-electron chi connectivity index (χ2n) is 6.57. The summed E-state index contributed by atoms with van der Waals surface area (Å²) in [5.41, 5.74) is 6.41.